The summed E-state index contributed by atoms with van der Waals surface area (Å²) in [5.41, 5.74) is 2.67. The zero-order valence-electron chi connectivity index (χ0n) is 12.8. The van der Waals surface area contributed by atoms with E-state index in [1.807, 2.05) is 25.1 Å². The van der Waals surface area contributed by atoms with E-state index in [1.54, 1.807) is 4.90 Å². The molecule has 2 rings (SSSR count). The minimum atomic E-state index is -0.247. The summed E-state index contributed by atoms with van der Waals surface area (Å²) >= 11 is 0. The molecule has 1 heterocycles. The molecule has 5 nitrogen and oxygen atoms in total. The fourth-order valence-corrected chi connectivity index (χ4v) is 2.51. The number of carbonyl (C=O) groups is 1. The van der Waals surface area contributed by atoms with Crippen LogP contribution in [0.3, 0.4) is 0 Å². The van der Waals surface area contributed by atoms with Gasteiger partial charge in [-0.2, -0.15) is 0 Å². The van der Waals surface area contributed by atoms with Crippen LogP contribution in [-0.4, -0.2) is 54.9 Å². The Hall–Kier alpha value is -1.59. The topological polar surface area (TPSA) is 61.8 Å². The third-order valence-electron chi connectivity index (χ3n) is 3.74. The summed E-state index contributed by atoms with van der Waals surface area (Å²) in [5, 5.41) is 12.7. The number of ether oxygens (including phenoxy) is 1. The van der Waals surface area contributed by atoms with Crippen LogP contribution in [0.15, 0.2) is 18.2 Å². The van der Waals surface area contributed by atoms with Crippen LogP contribution < -0.4 is 5.32 Å². The van der Waals surface area contributed by atoms with Crippen LogP contribution in [0.1, 0.15) is 29.3 Å². The Morgan fingerprint density at radius 3 is 3.00 bits per heavy atom. The Morgan fingerprint density at radius 1 is 1.52 bits per heavy atom. The first-order valence-corrected chi connectivity index (χ1v) is 7.51. The molecule has 1 aromatic carbocycles. The number of benzene rings is 1. The zero-order valence-corrected chi connectivity index (χ0v) is 12.8. The van der Waals surface area contributed by atoms with E-state index in [0.29, 0.717) is 25.3 Å². The predicted molar refractivity (Wildman–Crippen MR) is 82.7 cm³/mol. The van der Waals surface area contributed by atoms with Crippen molar-refractivity contribution < 1.29 is 14.6 Å². The highest BCUT2D eigenvalue weighted by Crippen LogP contribution is 2.19. The summed E-state index contributed by atoms with van der Waals surface area (Å²) in [7, 11) is 0. The maximum atomic E-state index is 12.7. The average molecular weight is 292 g/mol. The molecule has 2 N–H and O–H groups in total. The van der Waals surface area contributed by atoms with Gasteiger partial charge in [0.15, 0.2) is 0 Å². The predicted octanol–water partition coefficient (Wildman–Crippen LogP) is 1.65. The molecule has 1 aliphatic rings. The van der Waals surface area contributed by atoms with Gasteiger partial charge in [-0.25, -0.2) is 0 Å². The number of aliphatic hydroxyl groups excluding tert-OH is 1. The summed E-state index contributed by atoms with van der Waals surface area (Å²) in [6.45, 7) is 6.36. The van der Waals surface area contributed by atoms with Crippen molar-refractivity contribution in [2.75, 3.05) is 38.2 Å². The lowest BCUT2D eigenvalue weighted by Gasteiger charge is -2.34. The number of amides is 1. The SMILES string of the molecule is CCCNc1ccc(C(=O)N2CCOCC2CO)c(C)c1. The second-order valence-electron chi connectivity index (χ2n) is 5.37. The van der Waals surface area contributed by atoms with E-state index in [-0.39, 0.29) is 18.6 Å². The lowest BCUT2D eigenvalue weighted by atomic mass is 10.0. The molecule has 21 heavy (non-hydrogen) atoms. The monoisotopic (exact) mass is 292 g/mol. The fourth-order valence-electron chi connectivity index (χ4n) is 2.51. The summed E-state index contributed by atoms with van der Waals surface area (Å²) in [6, 6.07) is 5.55. The molecule has 1 aliphatic heterocycles. The molecule has 0 spiro atoms. The number of nitrogens with one attached hydrogen (secondary N) is 1. The first-order valence-electron chi connectivity index (χ1n) is 7.51. The van der Waals surface area contributed by atoms with Gasteiger partial charge in [-0.15, -0.1) is 0 Å². The Balaban J connectivity index is 2.14. The van der Waals surface area contributed by atoms with Gasteiger partial charge in [0.1, 0.15) is 0 Å². The van der Waals surface area contributed by atoms with E-state index in [2.05, 4.69) is 12.2 Å². The third kappa shape index (κ3) is 3.74. The van der Waals surface area contributed by atoms with E-state index < -0.39 is 0 Å². The van der Waals surface area contributed by atoms with Gasteiger partial charge in [0, 0.05) is 24.3 Å². The van der Waals surface area contributed by atoms with Crippen LogP contribution in [0, 0.1) is 6.92 Å². The number of carbonyl (C=O) groups excluding carboxylic acids is 1. The highest BCUT2D eigenvalue weighted by molar-refractivity contribution is 5.96. The van der Waals surface area contributed by atoms with Gasteiger partial charge in [-0.1, -0.05) is 6.92 Å². The number of anilines is 1. The Bertz CT molecular complexity index is 490. The second kappa shape index (κ2) is 7.43. The number of morpholine rings is 1. The number of nitrogens with zero attached hydrogens (tertiary/aromatic N) is 1. The highest BCUT2D eigenvalue weighted by atomic mass is 16.5. The molecule has 1 unspecified atom stereocenters. The number of hydrogen-bond acceptors (Lipinski definition) is 4. The van der Waals surface area contributed by atoms with Crippen molar-refractivity contribution in [1.29, 1.82) is 0 Å². The van der Waals surface area contributed by atoms with Crippen molar-refractivity contribution in [3.05, 3.63) is 29.3 Å². The van der Waals surface area contributed by atoms with E-state index >= 15 is 0 Å². The molecule has 0 saturated carbocycles. The molecular weight excluding hydrogens is 268 g/mol. The highest BCUT2D eigenvalue weighted by Gasteiger charge is 2.28. The maximum absolute atomic E-state index is 12.7. The Morgan fingerprint density at radius 2 is 2.33 bits per heavy atom. The molecule has 1 amide bonds. The Labute approximate surface area is 125 Å². The van der Waals surface area contributed by atoms with Gasteiger partial charge in [-0.05, 0) is 37.1 Å². The van der Waals surface area contributed by atoms with Crippen LogP contribution >= 0.6 is 0 Å². The normalized spacial score (nSPS) is 18.6. The third-order valence-corrected chi connectivity index (χ3v) is 3.74. The van der Waals surface area contributed by atoms with Crippen LogP contribution in [0.2, 0.25) is 0 Å². The van der Waals surface area contributed by atoms with Gasteiger partial charge in [0.2, 0.25) is 0 Å². The van der Waals surface area contributed by atoms with Crippen molar-refractivity contribution in [2.24, 2.45) is 0 Å². The van der Waals surface area contributed by atoms with Gasteiger partial charge in [0.25, 0.3) is 5.91 Å². The minimum Gasteiger partial charge on any atom is -0.394 e. The number of aryl methyl sites for hydroxylation is 1. The molecule has 0 radical (unpaired) electrons. The summed E-state index contributed by atoms with van der Waals surface area (Å²) in [4.78, 5) is 14.4. The molecule has 1 saturated heterocycles. The average Bonchev–Trinajstić information content (AvgIpc) is 2.52. The lowest BCUT2D eigenvalue weighted by molar-refractivity contribution is -0.0184. The van der Waals surface area contributed by atoms with E-state index in [1.165, 1.54) is 0 Å². The lowest BCUT2D eigenvalue weighted by Crippen LogP contribution is -2.50. The van der Waals surface area contributed by atoms with Crippen LogP contribution in [0.5, 0.6) is 0 Å². The van der Waals surface area contributed by atoms with E-state index in [9.17, 15) is 9.90 Å². The molecule has 1 aromatic rings. The number of aliphatic hydroxyl groups is 1. The van der Waals surface area contributed by atoms with E-state index in [0.717, 1.165) is 24.2 Å². The van der Waals surface area contributed by atoms with Crippen LogP contribution in [0.4, 0.5) is 5.69 Å². The number of hydrogen-bond donors (Lipinski definition) is 2. The second-order valence-corrected chi connectivity index (χ2v) is 5.37. The minimum absolute atomic E-state index is 0.0307. The fraction of sp³-hybridized carbons (Fsp3) is 0.562. The van der Waals surface area contributed by atoms with E-state index in [4.69, 9.17) is 4.74 Å². The summed E-state index contributed by atoms with van der Waals surface area (Å²) in [6.07, 6.45) is 1.06. The first kappa shape index (κ1) is 15.8. The zero-order chi connectivity index (χ0) is 15.2. The van der Waals surface area contributed by atoms with Gasteiger partial charge < -0.3 is 20.1 Å². The molecule has 5 heteroatoms. The van der Waals surface area contributed by atoms with Gasteiger partial charge >= 0.3 is 0 Å². The standard InChI is InChI=1S/C16H24N2O3/c1-3-6-17-13-4-5-15(12(2)9-13)16(20)18-7-8-21-11-14(18)10-19/h4-5,9,14,17,19H,3,6-8,10-11H2,1-2H3. The molecule has 1 fully saturated rings. The summed E-state index contributed by atoms with van der Waals surface area (Å²) in [5.74, 6) is -0.0307. The molecule has 116 valence electrons. The van der Waals surface area contributed by atoms with Crippen LogP contribution in [-0.2, 0) is 4.74 Å². The molecule has 0 aliphatic carbocycles. The van der Waals surface area contributed by atoms with Gasteiger partial charge in [-0.3, -0.25) is 4.79 Å². The molecule has 1 atom stereocenters. The van der Waals surface area contributed by atoms with Crippen molar-refractivity contribution in [3.8, 4) is 0 Å². The molecule has 0 bridgehead atoms. The van der Waals surface area contributed by atoms with Crippen molar-refractivity contribution >= 4 is 11.6 Å². The smallest absolute Gasteiger partial charge is 0.254 e. The van der Waals surface area contributed by atoms with Crippen molar-refractivity contribution in [2.45, 2.75) is 26.3 Å². The van der Waals surface area contributed by atoms with Crippen molar-refractivity contribution in [1.82, 2.24) is 4.90 Å². The Kier molecular flexibility index (Phi) is 5.59. The summed E-state index contributed by atoms with van der Waals surface area (Å²) < 4.78 is 5.32. The molecule has 0 aromatic heterocycles. The van der Waals surface area contributed by atoms with Crippen molar-refractivity contribution in [3.63, 3.8) is 0 Å². The largest absolute Gasteiger partial charge is 0.394 e. The van der Waals surface area contributed by atoms with Crippen LogP contribution in [0.25, 0.3) is 0 Å². The molecular formula is C16H24N2O3. The quantitative estimate of drug-likeness (QED) is 0.866. The maximum Gasteiger partial charge on any atom is 0.254 e. The number of rotatable bonds is 5. The first-order chi connectivity index (χ1) is 10.2. The van der Waals surface area contributed by atoms with Gasteiger partial charge in [0.05, 0.1) is 25.9 Å².